The third kappa shape index (κ3) is 2.17. The number of amides is 1. The molecule has 4 nitrogen and oxygen atoms in total. The first-order valence-corrected chi connectivity index (χ1v) is 6.77. The standard InChI is InChI=1S/C14H20N2O2/c1-15(11-5-6-11)14(18)9-16-7-10-3-2-4-13(17)12(10)8-16/h7-8,11,13,17H,2-6,9H2,1H3. The maximum Gasteiger partial charge on any atom is 0.242 e. The van der Waals surface area contributed by atoms with E-state index in [1.165, 1.54) is 5.56 Å². The third-order valence-electron chi connectivity index (χ3n) is 4.09. The molecule has 3 rings (SSSR count). The topological polar surface area (TPSA) is 45.5 Å². The monoisotopic (exact) mass is 248 g/mol. The number of likely N-dealkylation sites (N-methyl/N-ethyl adjacent to an activating group) is 1. The van der Waals surface area contributed by atoms with Crippen LogP contribution in [0.1, 0.15) is 42.9 Å². The average Bonchev–Trinajstić information content (AvgIpc) is 3.10. The average molecular weight is 248 g/mol. The maximum absolute atomic E-state index is 12.0. The summed E-state index contributed by atoms with van der Waals surface area (Å²) in [7, 11) is 1.89. The van der Waals surface area contributed by atoms with E-state index < -0.39 is 0 Å². The van der Waals surface area contributed by atoms with Crippen LogP contribution in [0.4, 0.5) is 0 Å². The summed E-state index contributed by atoms with van der Waals surface area (Å²) in [6, 6.07) is 0.466. The summed E-state index contributed by atoms with van der Waals surface area (Å²) in [6.45, 7) is 0.396. The van der Waals surface area contributed by atoms with Crippen LogP contribution in [0.3, 0.4) is 0 Å². The van der Waals surface area contributed by atoms with Gasteiger partial charge in [0.1, 0.15) is 6.54 Å². The molecule has 1 saturated carbocycles. The second-order valence-electron chi connectivity index (χ2n) is 5.55. The molecule has 2 aliphatic rings. The van der Waals surface area contributed by atoms with Gasteiger partial charge in [-0.3, -0.25) is 4.79 Å². The van der Waals surface area contributed by atoms with Crippen molar-refractivity contribution in [2.75, 3.05) is 7.05 Å². The van der Waals surface area contributed by atoms with Crippen LogP contribution >= 0.6 is 0 Å². The number of aliphatic hydroxyl groups excluding tert-OH is 1. The van der Waals surface area contributed by atoms with E-state index in [-0.39, 0.29) is 12.0 Å². The Morgan fingerprint density at radius 2 is 2.22 bits per heavy atom. The van der Waals surface area contributed by atoms with Crippen LogP contribution in [0.2, 0.25) is 0 Å². The Morgan fingerprint density at radius 3 is 2.89 bits per heavy atom. The number of fused-ring (bicyclic) bond motifs is 1. The van der Waals surface area contributed by atoms with Crippen LogP contribution in [0.15, 0.2) is 12.4 Å². The normalized spacial score (nSPS) is 22.7. The van der Waals surface area contributed by atoms with Crippen molar-refractivity contribution in [3.63, 3.8) is 0 Å². The van der Waals surface area contributed by atoms with Gasteiger partial charge < -0.3 is 14.6 Å². The van der Waals surface area contributed by atoms with E-state index in [0.29, 0.717) is 12.6 Å². The van der Waals surface area contributed by atoms with Gasteiger partial charge in [0.2, 0.25) is 5.91 Å². The molecule has 2 aliphatic carbocycles. The molecule has 1 fully saturated rings. The molecule has 0 spiro atoms. The Kier molecular flexibility index (Phi) is 2.90. The van der Waals surface area contributed by atoms with Gasteiger partial charge >= 0.3 is 0 Å². The van der Waals surface area contributed by atoms with Crippen molar-refractivity contribution in [2.24, 2.45) is 0 Å². The fraction of sp³-hybridized carbons (Fsp3) is 0.643. The zero-order valence-electron chi connectivity index (χ0n) is 10.8. The predicted octanol–water partition coefficient (Wildman–Crippen LogP) is 1.48. The fourth-order valence-electron chi connectivity index (χ4n) is 2.75. The summed E-state index contributed by atoms with van der Waals surface area (Å²) in [5.41, 5.74) is 2.22. The van der Waals surface area contributed by atoms with E-state index in [9.17, 15) is 9.90 Å². The number of carbonyl (C=O) groups excluding carboxylic acids is 1. The third-order valence-corrected chi connectivity index (χ3v) is 4.09. The van der Waals surface area contributed by atoms with E-state index in [1.54, 1.807) is 0 Å². The summed E-state index contributed by atoms with van der Waals surface area (Å²) < 4.78 is 1.93. The first-order chi connectivity index (χ1) is 8.65. The van der Waals surface area contributed by atoms with Gasteiger partial charge in [0.05, 0.1) is 6.10 Å². The molecule has 0 aliphatic heterocycles. The minimum Gasteiger partial charge on any atom is -0.388 e. The highest BCUT2D eigenvalue weighted by atomic mass is 16.3. The number of hydrogen-bond donors (Lipinski definition) is 1. The lowest BCUT2D eigenvalue weighted by atomic mass is 9.93. The highest BCUT2D eigenvalue weighted by Crippen LogP contribution is 2.30. The molecule has 0 radical (unpaired) electrons. The highest BCUT2D eigenvalue weighted by Gasteiger charge is 2.29. The molecule has 1 aromatic heterocycles. The smallest absolute Gasteiger partial charge is 0.242 e. The molecular formula is C14H20N2O2. The molecule has 0 bridgehead atoms. The molecule has 18 heavy (non-hydrogen) atoms. The van der Waals surface area contributed by atoms with Gasteiger partial charge in [-0.05, 0) is 37.7 Å². The van der Waals surface area contributed by atoms with E-state index in [2.05, 4.69) is 0 Å². The molecule has 1 amide bonds. The quantitative estimate of drug-likeness (QED) is 0.880. The van der Waals surface area contributed by atoms with Crippen LogP contribution in [0, 0.1) is 0 Å². The van der Waals surface area contributed by atoms with Gasteiger partial charge in [-0.2, -0.15) is 0 Å². The summed E-state index contributed by atoms with van der Waals surface area (Å²) in [6.07, 6.45) is 8.80. The van der Waals surface area contributed by atoms with E-state index >= 15 is 0 Å². The molecule has 1 unspecified atom stereocenters. The molecule has 98 valence electrons. The van der Waals surface area contributed by atoms with Gasteiger partial charge in [0.15, 0.2) is 0 Å². The van der Waals surface area contributed by atoms with Crippen molar-refractivity contribution in [1.29, 1.82) is 0 Å². The van der Waals surface area contributed by atoms with Crippen molar-refractivity contribution in [2.45, 2.75) is 50.8 Å². The summed E-state index contributed by atoms with van der Waals surface area (Å²) >= 11 is 0. The number of carbonyl (C=O) groups is 1. The van der Waals surface area contributed by atoms with Crippen LogP contribution < -0.4 is 0 Å². The lowest BCUT2D eigenvalue weighted by Crippen LogP contribution is -2.31. The summed E-state index contributed by atoms with van der Waals surface area (Å²) in [4.78, 5) is 13.9. The molecule has 1 N–H and O–H groups in total. The number of nitrogens with zero attached hydrogens (tertiary/aromatic N) is 2. The van der Waals surface area contributed by atoms with Crippen molar-refractivity contribution in [3.05, 3.63) is 23.5 Å². The first-order valence-electron chi connectivity index (χ1n) is 6.77. The van der Waals surface area contributed by atoms with Crippen molar-refractivity contribution >= 4 is 5.91 Å². The zero-order chi connectivity index (χ0) is 12.7. The minimum absolute atomic E-state index is 0.166. The van der Waals surface area contributed by atoms with Crippen molar-refractivity contribution in [3.8, 4) is 0 Å². The molecule has 4 heteroatoms. The SMILES string of the molecule is CN(C(=O)Cn1cc2c(c1)C(O)CCC2)C1CC1. The van der Waals surface area contributed by atoms with Crippen molar-refractivity contribution < 1.29 is 9.90 Å². The maximum atomic E-state index is 12.0. The lowest BCUT2D eigenvalue weighted by Gasteiger charge is -2.16. The highest BCUT2D eigenvalue weighted by molar-refractivity contribution is 5.76. The molecular weight excluding hydrogens is 228 g/mol. The van der Waals surface area contributed by atoms with E-state index in [0.717, 1.165) is 37.7 Å². The molecule has 1 aromatic rings. The number of rotatable bonds is 3. The van der Waals surface area contributed by atoms with Gasteiger partial charge in [0, 0.05) is 31.0 Å². The van der Waals surface area contributed by atoms with Crippen LogP contribution in [0.25, 0.3) is 0 Å². The van der Waals surface area contributed by atoms with Crippen LogP contribution in [-0.2, 0) is 17.8 Å². The fourth-order valence-corrected chi connectivity index (χ4v) is 2.75. The largest absolute Gasteiger partial charge is 0.388 e. The molecule has 1 atom stereocenters. The number of aryl methyl sites for hydroxylation is 1. The predicted molar refractivity (Wildman–Crippen MR) is 68.1 cm³/mol. The Bertz CT molecular complexity index is 462. The van der Waals surface area contributed by atoms with Crippen molar-refractivity contribution in [1.82, 2.24) is 9.47 Å². The zero-order valence-corrected chi connectivity index (χ0v) is 10.8. The molecule has 0 saturated heterocycles. The Balaban J connectivity index is 1.71. The Hall–Kier alpha value is -1.29. The van der Waals surface area contributed by atoms with Gasteiger partial charge in [-0.1, -0.05) is 0 Å². The van der Waals surface area contributed by atoms with Gasteiger partial charge in [-0.25, -0.2) is 0 Å². The number of hydrogen-bond acceptors (Lipinski definition) is 2. The second kappa shape index (κ2) is 4.43. The van der Waals surface area contributed by atoms with E-state index in [4.69, 9.17) is 0 Å². The van der Waals surface area contributed by atoms with Gasteiger partial charge in [0.25, 0.3) is 0 Å². The summed E-state index contributed by atoms with van der Waals surface area (Å²) in [5, 5.41) is 9.91. The Labute approximate surface area is 107 Å². The minimum atomic E-state index is -0.341. The summed E-state index contributed by atoms with van der Waals surface area (Å²) in [5.74, 6) is 0.166. The first kappa shape index (κ1) is 11.8. The van der Waals surface area contributed by atoms with Crippen LogP contribution in [0.5, 0.6) is 0 Å². The Morgan fingerprint density at radius 1 is 1.44 bits per heavy atom. The number of aliphatic hydroxyl groups is 1. The lowest BCUT2D eigenvalue weighted by molar-refractivity contribution is -0.131. The number of aromatic nitrogens is 1. The molecule has 0 aromatic carbocycles. The second-order valence-corrected chi connectivity index (χ2v) is 5.55. The van der Waals surface area contributed by atoms with Crippen LogP contribution in [-0.4, -0.2) is 33.6 Å². The van der Waals surface area contributed by atoms with Gasteiger partial charge in [-0.15, -0.1) is 0 Å². The van der Waals surface area contributed by atoms with E-state index in [1.807, 2.05) is 28.9 Å². The molecule has 1 heterocycles.